The number of rotatable bonds is 5. The van der Waals surface area contributed by atoms with Gasteiger partial charge in [0.1, 0.15) is 22.7 Å². The van der Waals surface area contributed by atoms with E-state index in [0.29, 0.717) is 0 Å². The summed E-state index contributed by atoms with van der Waals surface area (Å²) in [7, 11) is 2.47. The van der Waals surface area contributed by atoms with Crippen LogP contribution in [0.5, 0.6) is 17.2 Å². The summed E-state index contributed by atoms with van der Waals surface area (Å²) >= 11 is 0. The number of aromatic carboxylic acids is 2. The Bertz CT molecular complexity index is 932. The molecule has 2 rings (SSSR count). The maximum atomic E-state index is 12.1. The third-order valence-corrected chi connectivity index (χ3v) is 3.46. The molecule has 0 aliphatic carbocycles. The molecule has 2 aromatic rings. The lowest BCUT2D eigenvalue weighted by Gasteiger charge is -2.17. The molecule has 1 heterocycles. The Morgan fingerprint density at radius 3 is 2.00 bits per heavy atom. The number of anilines is 1. The summed E-state index contributed by atoms with van der Waals surface area (Å²) in [6.07, 6.45) is 0. The monoisotopic (exact) mass is 350 g/mol. The number of nitrogens with one attached hydrogen (secondary N) is 1. The standard InChI is InChI=1S/C15H14N2O8/c1-24-5-3-4-6(25-2)11(18)7(5)8-9(14(20)21)12(16)17-13(19)10(8)15(22)23/h3-4,18H,1-2H3,(H,20,21)(H,22,23)(H3,16,17,19). The molecule has 0 bridgehead atoms. The van der Waals surface area contributed by atoms with Crippen LogP contribution in [0, 0.1) is 0 Å². The number of aromatic hydroxyl groups is 1. The van der Waals surface area contributed by atoms with Gasteiger partial charge in [0, 0.05) is 5.56 Å². The Morgan fingerprint density at radius 1 is 1.00 bits per heavy atom. The lowest BCUT2D eigenvalue weighted by atomic mass is 9.93. The molecule has 1 aromatic carbocycles. The molecule has 0 saturated heterocycles. The number of hydrogen-bond donors (Lipinski definition) is 5. The quantitative estimate of drug-likeness (QED) is 0.521. The molecular formula is C15H14N2O8. The maximum Gasteiger partial charge on any atom is 0.342 e. The smallest absolute Gasteiger partial charge is 0.342 e. The van der Waals surface area contributed by atoms with E-state index in [1.165, 1.54) is 26.4 Å². The van der Waals surface area contributed by atoms with Crippen molar-refractivity contribution in [1.29, 1.82) is 0 Å². The first-order valence-corrected chi connectivity index (χ1v) is 6.71. The van der Waals surface area contributed by atoms with Crippen LogP contribution in [0.25, 0.3) is 11.1 Å². The second-order valence-corrected chi connectivity index (χ2v) is 4.80. The van der Waals surface area contributed by atoms with E-state index in [-0.39, 0.29) is 17.1 Å². The van der Waals surface area contributed by atoms with Gasteiger partial charge in [0.25, 0.3) is 5.56 Å². The zero-order chi connectivity index (χ0) is 18.9. The van der Waals surface area contributed by atoms with Crippen LogP contribution in [0.3, 0.4) is 0 Å². The topological polar surface area (TPSA) is 172 Å². The summed E-state index contributed by atoms with van der Waals surface area (Å²) in [6, 6.07) is 2.65. The number of carboxylic acid groups (broad SMARTS) is 2. The minimum absolute atomic E-state index is 0.0756. The Morgan fingerprint density at radius 2 is 1.52 bits per heavy atom. The van der Waals surface area contributed by atoms with Gasteiger partial charge in [-0.3, -0.25) is 4.79 Å². The van der Waals surface area contributed by atoms with E-state index in [1.807, 2.05) is 4.98 Å². The fraction of sp³-hybridized carbons (Fsp3) is 0.133. The van der Waals surface area contributed by atoms with E-state index >= 15 is 0 Å². The molecule has 0 radical (unpaired) electrons. The Balaban J connectivity index is 3.14. The average molecular weight is 350 g/mol. The Hall–Kier alpha value is -3.69. The van der Waals surface area contributed by atoms with Crippen molar-refractivity contribution >= 4 is 17.8 Å². The number of carbonyl (C=O) groups is 2. The van der Waals surface area contributed by atoms with E-state index < -0.39 is 45.8 Å². The zero-order valence-corrected chi connectivity index (χ0v) is 13.1. The second kappa shape index (κ2) is 6.43. The fourth-order valence-corrected chi connectivity index (χ4v) is 2.43. The van der Waals surface area contributed by atoms with E-state index in [2.05, 4.69) is 0 Å². The van der Waals surface area contributed by atoms with Gasteiger partial charge in [-0.25, -0.2) is 9.59 Å². The van der Waals surface area contributed by atoms with Crippen LogP contribution >= 0.6 is 0 Å². The highest BCUT2D eigenvalue weighted by atomic mass is 16.5. The molecule has 0 saturated carbocycles. The summed E-state index contributed by atoms with van der Waals surface area (Å²) in [4.78, 5) is 37.2. The fourth-order valence-electron chi connectivity index (χ4n) is 2.43. The van der Waals surface area contributed by atoms with Crippen molar-refractivity contribution in [2.75, 3.05) is 20.0 Å². The van der Waals surface area contributed by atoms with Crippen molar-refractivity contribution in [3.8, 4) is 28.4 Å². The number of hydrogen-bond acceptors (Lipinski definition) is 7. The minimum Gasteiger partial charge on any atom is -0.504 e. The highest BCUT2D eigenvalue weighted by molar-refractivity contribution is 6.09. The van der Waals surface area contributed by atoms with Gasteiger partial charge in [-0.05, 0) is 12.1 Å². The van der Waals surface area contributed by atoms with Crippen molar-refractivity contribution < 1.29 is 34.4 Å². The first-order chi connectivity index (χ1) is 11.7. The number of ether oxygens (including phenoxy) is 2. The molecule has 0 fully saturated rings. The number of carboxylic acids is 2. The average Bonchev–Trinajstić information content (AvgIpc) is 2.52. The SMILES string of the molecule is COc1ccc(OC)c(-c2c(C(=O)O)c(N)[nH]c(=O)c2C(=O)O)c1O. The van der Waals surface area contributed by atoms with Crippen molar-refractivity contribution in [2.24, 2.45) is 0 Å². The van der Waals surface area contributed by atoms with Crippen LogP contribution < -0.4 is 20.8 Å². The number of H-pyrrole nitrogens is 1. The highest BCUT2D eigenvalue weighted by Crippen LogP contribution is 2.46. The predicted octanol–water partition coefficient (Wildman–Crippen LogP) is 0.743. The van der Waals surface area contributed by atoms with Crippen molar-refractivity contribution in [3.05, 3.63) is 33.6 Å². The molecule has 6 N–H and O–H groups in total. The zero-order valence-electron chi connectivity index (χ0n) is 13.1. The first-order valence-electron chi connectivity index (χ1n) is 6.71. The van der Waals surface area contributed by atoms with E-state index in [0.717, 1.165) is 0 Å². The van der Waals surface area contributed by atoms with E-state index in [9.17, 15) is 29.7 Å². The lowest BCUT2D eigenvalue weighted by Crippen LogP contribution is -2.24. The largest absolute Gasteiger partial charge is 0.504 e. The highest BCUT2D eigenvalue weighted by Gasteiger charge is 2.31. The number of aromatic amines is 1. The van der Waals surface area contributed by atoms with Crippen molar-refractivity contribution in [3.63, 3.8) is 0 Å². The molecule has 0 atom stereocenters. The van der Waals surface area contributed by atoms with Gasteiger partial charge in [0.15, 0.2) is 11.5 Å². The van der Waals surface area contributed by atoms with Gasteiger partial charge < -0.3 is 35.5 Å². The first kappa shape index (κ1) is 17.7. The van der Waals surface area contributed by atoms with Crippen LogP contribution in [0.1, 0.15) is 20.7 Å². The number of aromatic nitrogens is 1. The van der Waals surface area contributed by atoms with Gasteiger partial charge in [-0.1, -0.05) is 0 Å². The lowest BCUT2D eigenvalue weighted by molar-refractivity contribution is 0.0695. The second-order valence-electron chi connectivity index (χ2n) is 4.80. The molecule has 0 spiro atoms. The summed E-state index contributed by atoms with van der Waals surface area (Å²) in [6.45, 7) is 0. The number of phenolic OH excluding ortho intramolecular Hbond substituents is 1. The molecule has 1 aromatic heterocycles. The number of pyridine rings is 1. The number of benzene rings is 1. The van der Waals surface area contributed by atoms with Crippen LogP contribution in [-0.2, 0) is 0 Å². The van der Waals surface area contributed by atoms with Crippen LogP contribution in [0.15, 0.2) is 16.9 Å². The Labute approximate surface area is 140 Å². The van der Waals surface area contributed by atoms with Gasteiger partial charge in [-0.15, -0.1) is 0 Å². The number of nitrogen functional groups attached to an aromatic ring is 1. The molecule has 0 aliphatic heterocycles. The van der Waals surface area contributed by atoms with Crippen LogP contribution in [-0.4, -0.2) is 46.5 Å². The summed E-state index contributed by atoms with van der Waals surface area (Å²) in [5.74, 6) is -4.63. The third-order valence-electron chi connectivity index (χ3n) is 3.46. The van der Waals surface area contributed by atoms with Gasteiger partial charge in [0.05, 0.1) is 19.8 Å². The summed E-state index contributed by atoms with van der Waals surface area (Å²) in [5, 5.41) is 29.2. The minimum atomic E-state index is -1.71. The van der Waals surface area contributed by atoms with Crippen LogP contribution in [0.2, 0.25) is 0 Å². The summed E-state index contributed by atoms with van der Waals surface area (Å²) in [5.41, 5.74) is 1.90. The molecule has 0 unspecified atom stereocenters. The number of phenols is 1. The molecular weight excluding hydrogens is 336 g/mol. The maximum absolute atomic E-state index is 12.1. The number of nitrogens with two attached hydrogens (primary N) is 1. The summed E-state index contributed by atoms with van der Waals surface area (Å²) < 4.78 is 10.0. The van der Waals surface area contributed by atoms with E-state index in [1.54, 1.807) is 0 Å². The van der Waals surface area contributed by atoms with Crippen molar-refractivity contribution in [1.82, 2.24) is 4.98 Å². The Kier molecular flexibility index (Phi) is 4.54. The van der Waals surface area contributed by atoms with Crippen molar-refractivity contribution in [2.45, 2.75) is 0 Å². The normalized spacial score (nSPS) is 10.3. The molecule has 10 nitrogen and oxygen atoms in total. The van der Waals surface area contributed by atoms with Gasteiger partial charge in [-0.2, -0.15) is 0 Å². The molecule has 25 heavy (non-hydrogen) atoms. The van der Waals surface area contributed by atoms with Gasteiger partial charge in [0.2, 0.25) is 0 Å². The third kappa shape index (κ3) is 2.80. The van der Waals surface area contributed by atoms with Gasteiger partial charge >= 0.3 is 11.9 Å². The number of methoxy groups -OCH3 is 2. The molecule has 0 aliphatic rings. The molecule has 0 amide bonds. The molecule has 10 heteroatoms. The molecule has 132 valence electrons. The van der Waals surface area contributed by atoms with Crippen LogP contribution in [0.4, 0.5) is 5.82 Å². The van der Waals surface area contributed by atoms with E-state index in [4.69, 9.17) is 15.2 Å². The predicted molar refractivity (Wildman–Crippen MR) is 85.6 cm³/mol.